The van der Waals surface area contributed by atoms with E-state index in [4.69, 9.17) is 32.7 Å². The number of ether oxygens (including phenoxy) is 2. The maximum atomic E-state index is 12.2. The SMILES string of the molecule is Cc1cc(OC2CN(C(=O)COc3ccc(Cl)cc3Cl)C2)cc(=O)n1C. The zero-order valence-electron chi connectivity index (χ0n) is 14.4. The summed E-state index contributed by atoms with van der Waals surface area (Å²) in [6, 6.07) is 8.08. The molecular weight excluding hydrogens is 379 g/mol. The summed E-state index contributed by atoms with van der Waals surface area (Å²) >= 11 is 11.8. The lowest BCUT2D eigenvalue weighted by atomic mass is 10.1. The second-order valence-electron chi connectivity index (χ2n) is 6.13. The Bertz CT molecular complexity index is 891. The number of aryl methyl sites for hydroxylation is 1. The normalized spacial score (nSPS) is 14.1. The molecule has 0 spiro atoms. The number of benzene rings is 1. The van der Waals surface area contributed by atoms with E-state index in [2.05, 4.69) is 0 Å². The number of pyridine rings is 1. The molecule has 1 aliphatic heterocycles. The Morgan fingerprint density at radius 3 is 2.62 bits per heavy atom. The Balaban J connectivity index is 1.48. The highest BCUT2D eigenvalue weighted by molar-refractivity contribution is 6.35. The van der Waals surface area contributed by atoms with Crippen LogP contribution in [0.4, 0.5) is 0 Å². The van der Waals surface area contributed by atoms with Crippen LogP contribution in [-0.4, -0.2) is 41.2 Å². The van der Waals surface area contributed by atoms with Crippen molar-refractivity contribution in [1.82, 2.24) is 9.47 Å². The second kappa shape index (κ2) is 7.60. The van der Waals surface area contributed by atoms with Gasteiger partial charge in [0.15, 0.2) is 6.61 Å². The van der Waals surface area contributed by atoms with E-state index in [1.165, 1.54) is 6.07 Å². The largest absolute Gasteiger partial charge is 0.486 e. The molecule has 8 heteroatoms. The summed E-state index contributed by atoms with van der Waals surface area (Å²) in [6.07, 6.45) is -0.135. The number of aromatic nitrogens is 1. The number of amides is 1. The van der Waals surface area contributed by atoms with E-state index in [0.29, 0.717) is 34.6 Å². The molecule has 26 heavy (non-hydrogen) atoms. The van der Waals surface area contributed by atoms with Crippen molar-refractivity contribution < 1.29 is 14.3 Å². The molecule has 1 aromatic heterocycles. The molecule has 1 aromatic carbocycles. The molecule has 0 radical (unpaired) electrons. The molecule has 0 aliphatic carbocycles. The van der Waals surface area contributed by atoms with Crippen molar-refractivity contribution in [2.45, 2.75) is 13.0 Å². The lowest BCUT2D eigenvalue weighted by Crippen LogP contribution is -2.57. The van der Waals surface area contributed by atoms with E-state index in [9.17, 15) is 9.59 Å². The van der Waals surface area contributed by atoms with E-state index in [-0.39, 0.29) is 24.2 Å². The van der Waals surface area contributed by atoms with Crippen LogP contribution in [0, 0.1) is 6.92 Å². The maximum Gasteiger partial charge on any atom is 0.260 e. The number of halogens is 2. The average Bonchev–Trinajstić information content (AvgIpc) is 2.54. The van der Waals surface area contributed by atoms with E-state index in [0.717, 1.165) is 5.69 Å². The Labute approximate surface area is 160 Å². The first-order chi connectivity index (χ1) is 12.3. The van der Waals surface area contributed by atoms with Crippen LogP contribution >= 0.6 is 23.2 Å². The van der Waals surface area contributed by atoms with Gasteiger partial charge in [0, 0.05) is 23.8 Å². The van der Waals surface area contributed by atoms with Crippen molar-refractivity contribution in [2.24, 2.45) is 7.05 Å². The molecule has 138 valence electrons. The Morgan fingerprint density at radius 2 is 1.96 bits per heavy atom. The van der Waals surface area contributed by atoms with Gasteiger partial charge in [-0.15, -0.1) is 0 Å². The quantitative estimate of drug-likeness (QED) is 0.779. The molecule has 1 fully saturated rings. The third kappa shape index (κ3) is 4.14. The van der Waals surface area contributed by atoms with Crippen molar-refractivity contribution in [3.05, 3.63) is 56.4 Å². The molecule has 2 heterocycles. The van der Waals surface area contributed by atoms with E-state index >= 15 is 0 Å². The predicted molar refractivity (Wildman–Crippen MR) is 99.4 cm³/mol. The fourth-order valence-electron chi connectivity index (χ4n) is 2.54. The van der Waals surface area contributed by atoms with Crippen LogP contribution in [0.15, 0.2) is 35.1 Å². The fraction of sp³-hybridized carbons (Fsp3) is 0.333. The summed E-state index contributed by atoms with van der Waals surface area (Å²) in [7, 11) is 1.71. The van der Waals surface area contributed by atoms with Gasteiger partial charge in [0.1, 0.15) is 17.6 Å². The predicted octanol–water partition coefficient (Wildman–Crippen LogP) is 2.67. The molecular formula is C18H18Cl2N2O4. The molecule has 0 atom stereocenters. The summed E-state index contributed by atoms with van der Waals surface area (Å²) < 4.78 is 12.7. The maximum absolute atomic E-state index is 12.2. The number of hydrogen-bond acceptors (Lipinski definition) is 4. The minimum atomic E-state index is -0.156. The number of rotatable bonds is 5. The third-order valence-electron chi connectivity index (χ3n) is 4.23. The Kier molecular flexibility index (Phi) is 5.44. The summed E-state index contributed by atoms with van der Waals surface area (Å²) in [5.74, 6) is 0.774. The topological polar surface area (TPSA) is 60.8 Å². The minimum Gasteiger partial charge on any atom is -0.486 e. The number of nitrogens with zero attached hydrogens (tertiary/aromatic N) is 2. The van der Waals surface area contributed by atoms with Crippen LogP contribution < -0.4 is 15.0 Å². The summed E-state index contributed by atoms with van der Waals surface area (Å²) in [5, 5.41) is 0.860. The van der Waals surface area contributed by atoms with Gasteiger partial charge in [-0.05, 0) is 31.2 Å². The molecule has 6 nitrogen and oxygen atoms in total. The third-order valence-corrected chi connectivity index (χ3v) is 4.76. The number of carbonyl (C=O) groups excluding carboxylic acids is 1. The van der Waals surface area contributed by atoms with Crippen LogP contribution in [-0.2, 0) is 11.8 Å². The van der Waals surface area contributed by atoms with Gasteiger partial charge in [0.05, 0.1) is 18.1 Å². The van der Waals surface area contributed by atoms with Crippen molar-refractivity contribution in [2.75, 3.05) is 19.7 Å². The van der Waals surface area contributed by atoms with Gasteiger partial charge in [-0.1, -0.05) is 23.2 Å². The van der Waals surface area contributed by atoms with Gasteiger partial charge < -0.3 is 18.9 Å². The lowest BCUT2D eigenvalue weighted by molar-refractivity contribution is -0.142. The molecule has 1 aliphatic rings. The summed E-state index contributed by atoms with van der Waals surface area (Å²) in [4.78, 5) is 25.6. The van der Waals surface area contributed by atoms with Crippen molar-refractivity contribution in [3.8, 4) is 11.5 Å². The van der Waals surface area contributed by atoms with Crippen molar-refractivity contribution in [3.63, 3.8) is 0 Å². The highest BCUT2D eigenvalue weighted by atomic mass is 35.5. The highest BCUT2D eigenvalue weighted by Gasteiger charge is 2.32. The molecule has 1 amide bonds. The Morgan fingerprint density at radius 1 is 1.23 bits per heavy atom. The number of likely N-dealkylation sites (tertiary alicyclic amines) is 1. The van der Waals surface area contributed by atoms with E-state index in [1.807, 2.05) is 6.92 Å². The van der Waals surface area contributed by atoms with E-state index in [1.54, 1.807) is 40.8 Å². The van der Waals surface area contributed by atoms with Crippen molar-refractivity contribution in [1.29, 1.82) is 0 Å². The van der Waals surface area contributed by atoms with Gasteiger partial charge in [-0.3, -0.25) is 9.59 Å². The monoisotopic (exact) mass is 396 g/mol. The molecule has 0 bridgehead atoms. The molecule has 0 saturated carbocycles. The first-order valence-electron chi connectivity index (χ1n) is 8.03. The van der Waals surface area contributed by atoms with Crippen molar-refractivity contribution >= 4 is 29.1 Å². The van der Waals surface area contributed by atoms with Crippen LogP contribution in [0.5, 0.6) is 11.5 Å². The summed E-state index contributed by atoms with van der Waals surface area (Å²) in [6.45, 7) is 2.62. The summed E-state index contributed by atoms with van der Waals surface area (Å²) in [5.41, 5.74) is 0.688. The molecule has 1 saturated heterocycles. The first-order valence-corrected chi connectivity index (χ1v) is 8.79. The average molecular weight is 397 g/mol. The van der Waals surface area contributed by atoms with Gasteiger partial charge in [-0.2, -0.15) is 0 Å². The molecule has 3 rings (SSSR count). The zero-order valence-corrected chi connectivity index (χ0v) is 15.9. The Hall–Kier alpha value is -2.18. The van der Waals surface area contributed by atoms with E-state index < -0.39 is 0 Å². The van der Waals surface area contributed by atoms with Gasteiger partial charge in [-0.25, -0.2) is 0 Å². The van der Waals surface area contributed by atoms with Crippen LogP contribution in [0.1, 0.15) is 5.69 Å². The molecule has 2 aromatic rings. The van der Waals surface area contributed by atoms with Gasteiger partial charge >= 0.3 is 0 Å². The van der Waals surface area contributed by atoms with Crippen LogP contribution in [0.3, 0.4) is 0 Å². The first kappa shape index (κ1) is 18.6. The van der Waals surface area contributed by atoms with Gasteiger partial charge in [0.2, 0.25) is 0 Å². The standard InChI is InChI=1S/C18H18Cl2N2O4/c1-11-5-13(7-17(23)21(11)2)26-14-8-22(9-14)18(24)10-25-16-4-3-12(19)6-15(16)20/h3-7,14H,8-10H2,1-2H3. The highest BCUT2D eigenvalue weighted by Crippen LogP contribution is 2.27. The zero-order chi connectivity index (χ0) is 18.8. The smallest absolute Gasteiger partial charge is 0.260 e. The van der Waals surface area contributed by atoms with Crippen LogP contribution in [0.25, 0.3) is 0 Å². The molecule has 0 unspecified atom stereocenters. The number of hydrogen-bond donors (Lipinski definition) is 0. The fourth-order valence-corrected chi connectivity index (χ4v) is 3.00. The molecule has 0 N–H and O–H groups in total. The van der Waals surface area contributed by atoms with Gasteiger partial charge in [0.25, 0.3) is 11.5 Å². The number of carbonyl (C=O) groups is 1. The minimum absolute atomic E-state index is 0.112. The lowest BCUT2D eigenvalue weighted by Gasteiger charge is -2.38. The second-order valence-corrected chi connectivity index (χ2v) is 6.98. The van der Waals surface area contributed by atoms with Crippen LogP contribution in [0.2, 0.25) is 10.0 Å².